The van der Waals surface area contributed by atoms with Crippen molar-refractivity contribution in [2.24, 2.45) is 0 Å². The summed E-state index contributed by atoms with van der Waals surface area (Å²) in [6.45, 7) is 4.00. The summed E-state index contributed by atoms with van der Waals surface area (Å²) in [4.78, 5) is -0.490. The summed E-state index contributed by atoms with van der Waals surface area (Å²) in [5.74, 6) is 0.229. The van der Waals surface area contributed by atoms with Crippen LogP contribution in [0.3, 0.4) is 0 Å². The standard InChI is InChI=1S/C10H13F3S/c1-3-4-7(2)8-5-9(14-6-8)10(11,12)13/h5-7H,3-4H2,1-2H3. The van der Waals surface area contributed by atoms with E-state index in [1.807, 2.05) is 13.8 Å². The highest BCUT2D eigenvalue weighted by Crippen LogP contribution is 2.36. The summed E-state index contributed by atoms with van der Waals surface area (Å²) in [5, 5.41) is 1.61. The second kappa shape index (κ2) is 4.34. The maximum atomic E-state index is 12.3. The zero-order valence-electron chi connectivity index (χ0n) is 8.19. The molecule has 14 heavy (non-hydrogen) atoms. The molecule has 0 aliphatic rings. The molecule has 0 saturated carbocycles. The Morgan fingerprint density at radius 3 is 2.50 bits per heavy atom. The topological polar surface area (TPSA) is 0 Å². The first-order valence-electron chi connectivity index (χ1n) is 4.60. The molecule has 1 unspecified atom stereocenters. The van der Waals surface area contributed by atoms with E-state index >= 15 is 0 Å². The number of hydrogen-bond acceptors (Lipinski definition) is 1. The number of rotatable bonds is 3. The van der Waals surface area contributed by atoms with E-state index in [0.717, 1.165) is 29.7 Å². The van der Waals surface area contributed by atoms with E-state index in [0.29, 0.717) is 0 Å². The largest absolute Gasteiger partial charge is 0.425 e. The fourth-order valence-electron chi connectivity index (χ4n) is 1.36. The zero-order chi connectivity index (χ0) is 10.8. The van der Waals surface area contributed by atoms with E-state index in [-0.39, 0.29) is 5.92 Å². The second-order valence-electron chi connectivity index (χ2n) is 3.43. The van der Waals surface area contributed by atoms with Gasteiger partial charge in [0.1, 0.15) is 4.88 Å². The molecule has 1 aromatic heterocycles. The predicted octanol–water partition coefficient (Wildman–Crippen LogP) is 4.67. The van der Waals surface area contributed by atoms with Gasteiger partial charge in [0.15, 0.2) is 0 Å². The molecule has 80 valence electrons. The molecular weight excluding hydrogens is 209 g/mol. The lowest BCUT2D eigenvalue weighted by molar-refractivity contribution is -0.134. The molecule has 0 amide bonds. The van der Waals surface area contributed by atoms with Crippen molar-refractivity contribution < 1.29 is 13.2 Å². The van der Waals surface area contributed by atoms with Crippen LogP contribution in [0.4, 0.5) is 13.2 Å². The molecule has 0 aliphatic carbocycles. The number of alkyl halides is 3. The lowest BCUT2D eigenvalue weighted by atomic mass is 9.99. The molecule has 0 bridgehead atoms. The average Bonchev–Trinajstić information content (AvgIpc) is 2.51. The van der Waals surface area contributed by atoms with Gasteiger partial charge in [0, 0.05) is 0 Å². The lowest BCUT2D eigenvalue weighted by Crippen LogP contribution is -2.01. The Bertz CT molecular complexity index is 288. The minimum atomic E-state index is -4.19. The van der Waals surface area contributed by atoms with Crippen molar-refractivity contribution in [2.75, 3.05) is 0 Å². The van der Waals surface area contributed by atoms with Gasteiger partial charge in [-0.25, -0.2) is 0 Å². The average molecular weight is 222 g/mol. The van der Waals surface area contributed by atoms with Crippen molar-refractivity contribution in [3.63, 3.8) is 0 Å². The normalized spacial score (nSPS) is 14.4. The molecule has 0 aromatic carbocycles. The van der Waals surface area contributed by atoms with Gasteiger partial charge in [0.2, 0.25) is 0 Å². The molecule has 0 radical (unpaired) electrons. The molecular formula is C10H13F3S. The quantitative estimate of drug-likeness (QED) is 0.697. The maximum Gasteiger partial charge on any atom is 0.425 e. The summed E-state index contributed by atoms with van der Waals surface area (Å²) in [5.41, 5.74) is 0.809. The first kappa shape index (κ1) is 11.6. The highest BCUT2D eigenvalue weighted by molar-refractivity contribution is 7.10. The summed E-state index contributed by atoms with van der Waals surface area (Å²) in [6.07, 6.45) is -2.25. The third-order valence-electron chi connectivity index (χ3n) is 2.19. The van der Waals surface area contributed by atoms with Crippen molar-refractivity contribution in [1.82, 2.24) is 0 Å². The molecule has 1 rings (SSSR count). The van der Waals surface area contributed by atoms with Crippen LogP contribution >= 0.6 is 11.3 Å². The van der Waals surface area contributed by atoms with E-state index in [1.165, 1.54) is 6.07 Å². The molecule has 0 spiro atoms. The van der Waals surface area contributed by atoms with Gasteiger partial charge in [0.25, 0.3) is 0 Å². The van der Waals surface area contributed by atoms with Gasteiger partial charge in [-0.3, -0.25) is 0 Å². The molecule has 0 fully saturated rings. The highest BCUT2D eigenvalue weighted by atomic mass is 32.1. The summed E-state index contributed by atoms with van der Waals surface area (Å²) < 4.78 is 36.8. The van der Waals surface area contributed by atoms with Crippen LogP contribution in [0.25, 0.3) is 0 Å². The monoisotopic (exact) mass is 222 g/mol. The number of halogens is 3. The molecule has 1 aromatic rings. The first-order valence-corrected chi connectivity index (χ1v) is 5.48. The Morgan fingerprint density at radius 2 is 2.07 bits per heavy atom. The number of thiophene rings is 1. The minimum absolute atomic E-state index is 0.229. The highest BCUT2D eigenvalue weighted by Gasteiger charge is 2.32. The fraction of sp³-hybridized carbons (Fsp3) is 0.600. The Labute approximate surface area is 85.8 Å². The smallest absolute Gasteiger partial charge is 0.165 e. The van der Waals surface area contributed by atoms with Crippen LogP contribution in [0.1, 0.15) is 43.0 Å². The molecule has 0 aliphatic heterocycles. The third kappa shape index (κ3) is 2.74. The summed E-state index contributed by atoms with van der Waals surface area (Å²) in [6, 6.07) is 1.27. The second-order valence-corrected chi connectivity index (χ2v) is 4.34. The molecule has 4 heteroatoms. The summed E-state index contributed by atoms with van der Waals surface area (Å²) in [7, 11) is 0. The van der Waals surface area contributed by atoms with E-state index in [4.69, 9.17) is 0 Å². The van der Waals surface area contributed by atoms with Crippen LogP contribution < -0.4 is 0 Å². The van der Waals surface area contributed by atoms with Crippen LogP contribution in [-0.4, -0.2) is 0 Å². The van der Waals surface area contributed by atoms with Gasteiger partial charge in [-0.2, -0.15) is 13.2 Å². The Hall–Kier alpha value is -0.510. The fourth-order valence-corrected chi connectivity index (χ4v) is 2.26. The third-order valence-corrected chi connectivity index (χ3v) is 3.18. The van der Waals surface area contributed by atoms with Crippen molar-refractivity contribution >= 4 is 11.3 Å². The van der Waals surface area contributed by atoms with Crippen LogP contribution in [0.15, 0.2) is 11.4 Å². The molecule has 1 atom stereocenters. The molecule has 0 saturated heterocycles. The van der Waals surface area contributed by atoms with Crippen molar-refractivity contribution in [3.8, 4) is 0 Å². The first-order chi connectivity index (χ1) is 6.45. The predicted molar refractivity (Wildman–Crippen MR) is 52.6 cm³/mol. The summed E-state index contributed by atoms with van der Waals surface area (Å²) >= 11 is 0.786. The van der Waals surface area contributed by atoms with Crippen molar-refractivity contribution in [1.29, 1.82) is 0 Å². The SMILES string of the molecule is CCCC(C)c1csc(C(F)(F)F)c1. The van der Waals surface area contributed by atoms with Gasteiger partial charge >= 0.3 is 6.18 Å². The van der Waals surface area contributed by atoms with Crippen LogP contribution in [-0.2, 0) is 6.18 Å². The van der Waals surface area contributed by atoms with E-state index < -0.39 is 11.1 Å². The van der Waals surface area contributed by atoms with Crippen LogP contribution in [0.2, 0.25) is 0 Å². The van der Waals surface area contributed by atoms with E-state index in [9.17, 15) is 13.2 Å². The molecule has 0 N–H and O–H groups in total. The van der Waals surface area contributed by atoms with Crippen molar-refractivity contribution in [2.45, 2.75) is 38.8 Å². The Morgan fingerprint density at radius 1 is 1.43 bits per heavy atom. The molecule has 1 heterocycles. The van der Waals surface area contributed by atoms with Crippen LogP contribution in [0.5, 0.6) is 0 Å². The van der Waals surface area contributed by atoms with E-state index in [1.54, 1.807) is 5.38 Å². The lowest BCUT2D eigenvalue weighted by Gasteiger charge is -2.06. The maximum absolute atomic E-state index is 12.3. The van der Waals surface area contributed by atoms with Gasteiger partial charge in [-0.1, -0.05) is 20.3 Å². The zero-order valence-corrected chi connectivity index (χ0v) is 9.00. The van der Waals surface area contributed by atoms with Gasteiger partial charge in [-0.15, -0.1) is 11.3 Å². The number of hydrogen-bond donors (Lipinski definition) is 0. The molecule has 0 nitrogen and oxygen atoms in total. The van der Waals surface area contributed by atoms with Gasteiger partial charge < -0.3 is 0 Å². The van der Waals surface area contributed by atoms with Crippen LogP contribution in [0, 0.1) is 0 Å². The van der Waals surface area contributed by atoms with E-state index in [2.05, 4.69) is 0 Å². The Balaban J connectivity index is 2.78. The van der Waals surface area contributed by atoms with Crippen molar-refractivity contribution in [3.05, 3.63) is 21.9 Å². The minimum Gasteiger partial charge on any atom is -0.165 e. The van der Waals surface area contributed by atoms with Gasteiger partial charge in [-0.05, 0) is 29.3 Å². The van der Waals surface area contributed by atoms with Gasteiger partial charge in [0.05, 0.1) is 0 Å². The Kier molecular flexibility index (Phi) is 3.59.